The molecule has 4 heteroatoms. The first-order valence-electron chi connectivity index (χ1n) is 6.13. The molecule has 1 aliphatic heterocycles. The van der Waals surface area contributed by atoms with Crippen LogP contribution in [0.2, 0.25) is 0 Å². The van der Waals surface area contributed by atoms with Crippen molar-refractivity contribution in [3.05, 3.63) is 58.6 Å². The van der Waals surface area contributed by atoms with Crippen LogP contribution in [0, 0.1) is 0 Å². The molecule has 3 nitrogen and oxygen atoms in total. The smallest absolute Gasteiger partial charge is 0.233 e. The van der Waals surface area contributed by atoms with Gasteiger partial charge in [-0.3, -0.25) is 4.79 Å². The Morgan fingerprint density at radius 3 is 2.63 bits per heavy atom. The maximum absolute atomic E-state index is 11.9. The molecule has 1 amide bonds. The molecule has 0 saturated carbocycles. The summed E-state index contributed by atoms with van der Waals surface area (Å²) in [4.78, 5) is 11.9. The van der Waals surface area contributed by atoms with E-state index in [-0.39, 0.29) is 11.8 Å². The SMILES string of the molecule is O=C1Nc2ccccc2C1CNc1ccc(Br)cc1. The van der Waals surface area contributed by atoms with Crippen LogP contribution >= 0.6 is 15.9 Å². The van der Waals surface area contributed by atoms with Gasteiger partial charge in [0.25, 0.3) is 0 Å². The van der Waals surface area contributed by atoms with E-state index in [0.717, 1.165) is 21.4 Å². The Labute approximate surface area is 120 Å². The van der Waals surface area contributed by atoms with E-state index in [1.165, 1.54) is 0 Å². The van der Waals surface area contributed by atoms with Crippen molar-refractivity contribution in [1.29, 1.82) is 0 Å². The van der Waals surface area contributed by atoms with Crippen molar-refractivity contribution in [2.24, 2.45) is 0 Å². The Kier molecular flexibility index (Phi) is 3.25. The van der Waals surface area contributed by atoms with E-state index in [9.17, 15) is 4.79 Å². The van der Waals surface area contributed by atoms with E-state index >= 15 is 0 Å². The van der Waals surface area contributed by atoms with Crippen LogP contribution in [-0.2, 0) is 4.79 Å². The number of halogens is 1. The molecule has 0 aromatic heterocycles. The highest BCUT2D eigenvalue weighted by Gasteiger charge is 2.29. The summed E-state index contributed by atoms with van der Waals surface area (Å²) in [7, 11) is 0. The minimum absolute atomic E-state index is 0.0609. The summed E-state index contributed by atoms with van der Waals surface area (Å²) in [6.45, 7) is 0.602. The molecule has 2 aromatic carbocycles. The van der Waals surface area contributed by atoms with Crippen LogP contribution in [0.25, 0.3) is 0 Å². The van der Waals surface area contributed by atoms with Crippen LogP contribution in [0.4, 0.5) is 11.4 Å². The Hall–Kier alpha value is -1.81. The zero-order valence-corrected chi connectivity index (χ0v) is 11.8. The highest BCUT2D eigenvalue weighted by Crippen LogP contribution is 2.32. The van der Waals surface area contributed by atoms with Crippen LogP contribution in [-0.4, -0.2) is 12.5 Å². The summed E-state index contributed by atoms with van der Waals surface area (Å²) in [5, 5.41) is 6.21. The molecule has 0 bridgehead atoms. The number of hydrogen-bond acceptors (Lipinski definition) is 2. The van der Waals surface area contributed by atoms with E-state index in [0.29, 0.717) is 6.54 Å². The number of para-hydroxylation sites is 1. The quantitative estimate of drug-likeness (QED) is 0.908. The van der Waals surface area contributed by atoms with Crippen molar-refractivity contribution in [2.75, 3.05) is 17.2 Å². The molecule has 2 N–H and O–H groups in total. The van der Waals surface area contributed by atoms with Crippen molar-refractivity contribution >= 4 is 33.2 Å². The first-order valence-corrected chi connectivity index (χ1v) is 6.92. The number of carbonyl (C=O) groups is 1. The second kappa shape index (κ2) is 5.05. The maximum atomic E-state index is 11.9. The third-order valence-electron chi connectivity index (χ3n) is 3.27. The lowest BCUT2D eigenvalue weighted by Gasteiger charge is -2.11. The first-order chi connectivity index (χ1) is 9.24. The van der Waals surface area contributed by atoms with E-state index in [4.69, 9.17) is 0 Å². The van der Waals surface area contributed by atoms with Crippen molar-refractivity contribution in [2.45, 2.75) is 5.92 Å². The Balaban J connectivity index is 1.73. The summed E-state index contributed by atoms with van der Waals surface area (Å²) in [5.41, 5.74) is 3.01. The summed E-state index contributed by atoms with van der Waals surface area (Å²) in [6, 6.07) is 15.8. The zero-order chi connectivity index (χ0) is 13.2. The fourth-order valence-corrected chi connectivity index (χ4v) is 2.53. The molecule has 0 saturated heterocycles. The topological polar surface area (TPSA) is 41.1 Å². The standard InChI is InChI=1S/C15H13BrN2O/c16-10-5-7-11(8-6-10)17-9-13-12-3-1-2-4-14(12)18-15(13)19/h1-8,13,17H,9H2,(H,18,19). The highest BCUT2D eigenvalue weighted by atomic mass is 79.9. The normalized spacial score (nSPS) is 16.9. The van der Waals surface area contributed by atoms with Gasteiger partial charge in [0, 0.05) is 22.4 Å². The lowest BCUT2D eigenvalue weighted by molar-refractivity contribution is -0.116. The minimum atomic E-state index is -0.125. The third-order valence-corrected chi connectivity index (χ3v) is 3.79. The molecule has 96 valence electrons. The number of hydrogen-bond donors (Lipinski definition) is 2. The fraction of sp³-hybridized carbons (Fsp3) is 0.133. The van der Waals surface area contributed by atoms with E-state index in [2.05, 4.69) is 26.6 Å². The molecule has 0 aliphatic carbocycles. The molecule has 1 atom stereocenters. The fourth-order valence-electron chi connectivity index (χ4n) is 2.27. The number of fused-ring (bicyclic) bond motifs is 1. The second-order valence-corrected chi connectivity index (χ2v) is 5.43. The molecule has 19 heavy (non-hydrogen) atoms. The van der Waals surface area contributed by atoms with Crippen LogP contribution in [0.5, 0.6) is 0 Å². The number of amides is 1. The number of benzene rings is 2. The Morgan fingerprint density at radius 1 is 1.11 bits per heavy atom. The van der Waals surface area contributed by atoms with Gasteiger partial charge in [-0.25, -0.2) is 0 Å². The summed E-state index contributed by atoms with van der Waals surface area (Å²) in [5.74, 6) is -0.0642. The van der Waals surface area contributed by atoms with E-state index in [1.54, 1.807) is 0 Å². The second-order valence-electron chi connectivity index (χ2n) is 4.52. The number of rotatable bonds is 3. The van der Waals surface area contributed by atoms with Crippen LogP contribution < -0.4 is 10.6 Å². The Bertz CT molecular complexity index is 610. The molecular weight excluding hydrogens is 304 g/mol. The van der Waals surface area contributed by atoms with Crippen molar-refractivity contribution < 1.29 is 4.79 Å². The number of nitrogens with one attached hydrogen (secondary N) is 2. The molecule has 1 aliphatic rings. The van der Waals surface area contributed by atoms with Gasteiger partial charge in [0.1, 0.15) is 0 Å². The van der Waals surface area contributed by atoms with Gasteiger partial charge >= 0.3 is 0 Å². The molecular formula is C15H13BrN2O. The third kappa shape index (κ3) is 2.49. The predicted molar refractivity (Wildman–Crippen MR) is 80.4 cm³/mol. The van der Waals surface area contributed by atoms with E-state index < -0.39 is 0 Å². The molecule has 0 fully saturated rings. The van der Waals surface area contributed by atoms with Crippen LogP contribution in [0.1, 0.15) is 11.5 Å². The molecule has 3 rings (SSSR count). The Morgan fingerprint density at radius 2 is 1.84 bits per heavy atom. The maximum Gasteiger partial charge on any atom is 0.233 e. The summed E-state index contributed by atoms with van der Waals surface area (Å²) >= 11 is 3.40. The highest BCUT2D eigenvalue weighted by molar-refractivity contribution is 9.10. The van der Waals surface area contributed by atoms with Gasteiger partial charge in [0.05, 0.1) is 5.92 Å². The molecule has 1 unspecified atom stereocenters. The first kappa shape index (κ1) is 12.2. The largest absolute Gasteiger partial charge is 0.384 e. The molecule has 0 spiro atoms. The van der Waals surface area contributed by atoms with Crippen molar-refractivity contribution in [1.82, 2.24) is 0 Å². The van der Waals surface area contributed by atoms with Crippen LogP contribution in [0.15, 0.2) is 53.0 Å². The lowest BCUT2D eigenvalue weighted by atomic mass is 10.0. The van der Waals surface area contributed by atoms with Gasteiger partial charge in [0.2, 0.25) is 5.91 Å². The monoisotopic (exact) mass is 316 g/mol. The molecule has 1 heterocycles. The predicted octanol–water partition coefficient (Wildman–Crippen LogP) is 3.60. The van der Waals surface area contributed by atoms with Gasteiger partial charge in [-0.2, -0.15) is 0 Å². The van der Waals surface area contributed by atoms with E-state index in [1.807, 2.05) is 48.5 Å². The van der Waals surface area contributed by atoms with Gasteiger partial charge < -0.3 is 10.6 Å². The lowest BCUT2D eigenvalue weighted by Crippen LogP contribution is -2.20. The average molecular weight is 317 g/mol. The van der Waals surface area contributed by atoms with Crippen molar-refractivity contribution in [3.8, 4) is 0 Å². The van der Waals surface area contributed by atoms with Gasteiger partial charge in [-0.1, -0.05) is 34.1 Å². The molecule has 2 aromatic rings. The summed E-state index contributed by atoms with van der Waals surface area (Å²) < 4.78 is 1.04. The number of anilines is 2. The van der Waals surface area contributed by atoms with Gasteiger partial charge in [-0.15, -0.1) is 0 Å². The average Bonchev–Trinajstić information content (AvgIpc) is 2.74. The zero-order valence-electron chi connectivity index (χ0n) is 10.2. The van der Waals surface area contributed by atoms with Crippen LogP contribution in [0.3, 0.4) is 0 Å². The van der Waals surface area contributed by atoms with Gasteiger partial charge in [-0.05, 0) is 35.9 Å². The molecule has 0 radical (unpaired) electrons. The van der Waals surface area contributed by atoms with Gasteiger partial charge in [0.15, 0.2) is 0 Å². The minimum Gasteiger partial charge on any atom is -0.384 e. The summed E-state index contributed by atoms with van der Waals surface area (Å²) in [6.07, 6.45) is 0. The number of carbonyl (C=O) groups excluding carboxylic acids is 1. The van der Waals surface area contributed by atoms with Crippen molar-refractivity contribution in [3.63, 3.8) is 0 Å².